The van der Waals surface area contributed by atoms with Gasteiger partial charge in [0.1, 0.15) is 18.1 Å². The van der Waals surface area contributed by atoms with Crippen molar-refractivity contribution in [1.29, 1.82) is 0 Å². The fourth-order valence-electron chi connectivity index (χ4n) is 4.00. The van der Waals surface area contributed by atoms with Gasteiger partial charge in [-0.2, -0.15) is 0 Å². The topological polar surface area (TPSA) is 81.5 Å². The Labute approximate surface area is 205 Å². The van der Waals surface area contributed by atoms with E-state index in [1.807, 2.05) is 44.2 Å². The van der Waals surface area contributed by atoms with Crippen LogP contribution in [0.2, 0.25) is 0 Å². The maximum absolute atomic E-state index is 13.6. The van der Waals surface area contributed by atoms with E-state index in [1.54, 1.807) is 40.3 Å². The molecule has 2 aromatic carbocycles. The zero-order valence-corrected chi connectivity index (χ0v) is 20.2. The molecule has 1 aromatic heterocycles. The number of hydrogen-bond acceptors (Lipinski definition) is 6. The number of para-hydroxylation sites is 1. The van der Waals surface area contributed by atoms with E-state index in [4.69, 9.17) is 18.6 Å². The van der Waals surface area contributed by atoms with Crippen molar-refractivity contribution in [3.63, 3.8) is 0 Å². The van der Waals surface area contributed by atoms with Gasteiger partial charge in [0.2, 0.25) is 12.7 Å². The molecule has 8 nitrogen and oxygen atoms in total. The number of benzene rings is 2. The van der Waals surface area contributed by atoms with Crippen LogP contribution in [0.4, 0.5) is 0 Å². The molecular weight excluding hydrogens is 448 g/mol. The van der Waals surface area contributed by atoms with Crippen molar-refractivity contribution in [2.24, 2.45) is 5.92 Å². The third-order valence-corrected chi connectivity index (χ3v) is 5.63. The van der Waals surface area contributed by atoms with Crippen molar-refractivity contribution >= 4 is 11.8 Å². The summed E-state index contributed by atoms with van der Waals surface area (Å²) < 4.78 is 21.8. The summed E-state index contributed by atoms with van der Waals surface area (Å²) in [6.45, 7) is 5.18. The van der Waals surface area contributed by atoms with Crippen LogP contribution in [-0.4, -0.2) is 48.6 Å². The molecule has 2 heterocycles. The highest BCUT2D eigenvalue weighted by Gasteiger charge is 2.26. The molecule has 0 aliphatic carbocycles. The number of ether oxygens (including phenoxy) is 3. The molecule has 184 valence electrons. The molecular formula is C27H30N2O6. The number of hydrogen-bond donors (Lipinski definition) is 0. The van der Waals surface area contributed by atoms with Crippen LogP contribution in [0, 0.1) is 5.92 Å². The molecule has 35 heavy (non-hydrogen) atoms. The third kappa shape index (κ3) is 5.95. The first-order valence-electron chi connectivity index (χ1n) is 11.6. The number of nitrogens with zero attached hydrogens (tertiary/aromatic N) is 2. The Hall–Kier alpha value is -3.94. The van der Waals surface area contributed by atoms with Crippen LogP contribution < -0.4 is 14.2 Å². The second-order valence-corrected chi connectivity index (χ2v) is 8.80. The molecule has 1 aliphatic heterocycles. The molecule has 0 radical (unpaired) electrons. The first kappa shape index (κ1) is 24.2. The lowest BCUT2D eigenvalue weighted by Crippen LogP contribution is -2.44. The van der Waals surface area contributed by atoms with Gasteiger partial charge >= 0.3 is 0 Å². The summed E-state index contributed by atoms with van der Waals surface area (Å²) >= 11 is 0. The Morgan fingerprint density at radius 2 is 1.77 bits per heavy atom. The molecule has 0 N–H and O–H groups in total. The van der Waals surface area contributed by atoms with Gasteiger partial charge in [-0.05, 0) is 47.9 Å². The average Bonchev–Trinajstić information content (AvgIpc) is 3.54. The van der Waals surface area contributed by atoms with Gasteiger partial charge in [0.05, 0.1) is 25.5 Å². The Balaban J connectivity index is 1.56. The molecule has 0 saturated carbocycles. The van der Waals surface area contributed by atoms with Gasteiger partial charge < -0.3 is 28.4 Å². The standard InChI is InChI=1S/C27H30N2O6/c1-19(2)14-29(27(31)22-8-4-5-9-23(22)32-3)17-26(30)28(16-21-7-6-12-33-21)15-20-10-11-24-25(13-20)35-18-34-24/h4-13,19H,14-18H2,1-3H3. The molecule has 0 saturated heterocycles. The molecule has 0 bridgehead atoms. The van der Waals surface area contributed by atoms with Gasteiger partial charge in [-0.1, -0.05) is 32.0 Å². The lowest BCUT2D eigenvalue weighted by atomic mass is 10.1. The highest BCUT2D eigenvalue weighted by Crippen LogP contribution is 2.33. The maximum atomic E-state index is 13.6. The minimum Gasteiger partial charge on any atom is -0.496 e. The monoisotopic (exact) mass is 478 g/mol. The lowest BCUT2D eigenvalue weighted by molar-refractivity contribution is -0.133. The first-order valence-corrected chi connectivity index (χ1v) is 11.6. The Bertz CT molecular complexity index is 1160. The summed E-state index contributed by atoms with van der Waals surface area (Å²) in [5, 5.41) is 0. The molecule has 1 aliphatic rings. The van der Waals surface area contributed by atoms with Crippen LogP contribution in [0.3, 0.4) is 0 Å². The van der Waals surface area contributed by atoms with E-state index in [1.165, 1.54) is 7.11 Å². The molecule has 0 unspecified atom stereocenters. The summed E-state index contributed by atoms with van der Waals surface area (Å²) in [6.07, 6.45) is 1.58. The lowest BCUT2D eigenvalue weighted by Gasteiger charge is -2.29. The summed E-state index contributed by atoms with van der Waals surface area (Å²) in [4.78, 5) is 30.3. The van der Waals surface area contributed by atoms with E-state index in [2.05, 4.69) is 0 Å². The summed E-state index contributed by atoms with van der Waals surface area (Å²) in [5.41, 5.74) is 1.32. The smallest absolute Gasteiger partial charge is 0.258 e. The minimum atomic E-state index is -0.245. The summed E-state index contributed by atoms with van der Waals surface area (Å²) in [7, 11) is 1.53. The van der Waals surface area contributed by atoms with Crippen LogP contribution in [-0.2, 0) is 17.9 Å². The first-order chi connectivity index (χ1) is 16.9. The predicted molar refractivity (Wildman–Crippen MR) is 129 cm³/mol. The molecule has 8 heteroatoms. The SMILES string of the molecule is COc1ccccc1C(=O)N(CC(=O)N(Cc1ccc2c(c1)OCO2)Cc1ccco1)CC(C)C. The van der Waals surface area contributed by atoms with E-state index >= 15 is 0 Å². The largest absolute Gasteiger partial charge is 0.496 e. The molecule has 4 rings (SSSR count). The molecule has 2 amide bonds. The molecule has 0 atom stereocenters. The van der Waals surface area contributed by atoms with Crippen LogP contribution in [0.25, 0.3) is 0 Å². The molecule has 0 fully saturated rings. The van der Waals surface area contributed by atoms with Gasteiger partial charge in [0.25, 0.3) is 5.91 Å². The van der Waals surface area contributed by atoms with E-state index in [0.29, 0.717) is 41.7 Å². The van der Waals surface area contributed by atoms with Crippen LogP contribution >= 0.6 is 0 Å². The predicted octanol–water partition coefficient (Wildman–Crippen LogP) is 4.34. The highest BCUT2D eigenvalue weighted by atomic mass is 16.7. The number of methoxy groups -OCH3 is 1. The minimum absolute atomic E-state index is 0.0691. The van der Waals surface area contributed by atoms with Gasteiger partial charge in [0.15, 0.2) is 11.5 Å². The molecule has 3 aromatic rings. The zero-order valence-electron chi connectivity index (χ0n) is 20.2. The Morgan fingerprint density at radius 3 is 2.51 bits per heavy atom. The number of amides is 2. The van der Waals surface area contributed by atoms with Crippen molar-refractivity contribution in [1.82, 2.24) is 9.80 Å². The number of carbonyl (C=O) groups is 2. The van der Waals surface area contributed by atoms with Crippen LogP contribution in [0.1, 0.15) is 35.5 Å². The van der Waals surface area contributed by atoms with Crippen molar-refractivity contribution < 1.29 is 28.2 Å². The highest BCUT2D eigenvalue weighted by molar-refractivity contribution is 5.98. The molecule has 0 spiro atoms. The van der Waals surface area contributed by atoms with Crippen molar-refractivity contribution in [3.8, 4) is 17.2 Å². The van der Waals surface area contributed by atoms with E-state index in [0.717, 1.165) is 5.56 Å². The van der Waals surface area contributed by atoms with Crippen molar-refractivity contribution in [3.05, 3.63) is 77.7 Å². The number of carbonyl (C=O) groups excluding carboxylic acids is 2. The second-order valence-electron chi connectivity index (χ2n) is 8.80. The number of rotatable bonds is 10. The van der Waals surface area contributed by atoms with E-state index < -0.39 is 0 Å². The van der Waals surface area contributed by atoms with Crippen molar-refractivity contribution in [2.75, 3.05) is 27.0 Å². The van der Waals surface area contributed by atoms with Gasteiger partial charge in [-0.25, -0.2) is 0 Å². The maximum Gasteiger partial charge on any atom is 0.258 e. The Morgan fingerprint density at radius 1 is 0.971 bits per heavy atom. The fraction of sp³-hybridized carbons (Fsp3) is 0.333. The number of furan rings is 1. The normalized spacial score (nSPS) is 12.0. The van der Waals surface area contributed by atoms with Crippen molar-refractivity contribution in [2.45, 2.75) is 26.9 Å². The zero-order chi connectivity index (χ0) is 24.8. The van der Waals surface area contributed by atoms with Gasteiger partial charge in [-0.15, -0.1) is 0 Å². The van der Waals surface area contributed by atoms with E-state index in [-0.39, 0.29) is 37.6 Å². The second kappa shape index (κ2) is 11.0. The van der Waals surface area contributed by atoms with Crippen LogP contribution in [0.15, 0.2) is 65.3 Å². The van der Waals surface area contributed by atoms with Gasteiger partial charge in [0, 0.05) is 13.1 Å². The fourth-order valence-corrected chi connectivity index (χ4v) is 4.00. The number of fused-ring (bicyclic) bond motifs is 1. The summed E-state index contributed by atoms with van der Waals surface area (Å²) in [6, 6.07) is 16.3. The summed E-state index contributed by atoms with van der Waals surface area (Å²) in [5.74, 6) is 2.21. The van der Waals surface area contributed by atoms with Gasteiger partial charge in [-0.3, -0.25) is 9.59 Å². The average molecular weight is 479 g/mol. The quantitative estimate of drug-likeness (QED) is 0.431. The Kier molecular flexibility index (Phi) is 7.60. The van der Waals surface area contributed by atoms with Crippen LogP contribution in [0.5, 0.6) is 17.2 Å². The third-order valence-electron chi connectivity index (χ3n) is 5.63. The van der Waals surface area contributed by atoms with E-state index in [9.17, 15) is 9.59 Å².